The van der Waals surface area contributed by atoms with E-state index in [0.717, 1.165) is 35.8 Å². The number of allylic oxidation sites excluding steroid dienone is 5. The van der Waals surface area contributed by atoms with Crippen molar-refractivity contribution in [3.8, 4) is 0 Å². The van der Waals surface area contributed by atoms with Gasteiger partial charge in [0.15, 0.2) is 0 Å². The summed E-state index contributed by atoms with van der Waals surface area (Å²) in [5, 5.41) is 3.50. The number of anilines is 2. The molecule has 0 bridgehead atoms. The van der Waals surface area contributed by atoms with E-state index in [-0.39, 0.29) is 0 Å². The molecule has 1 N–H and O–H groups in total. The van der Waals surface area contributed by atoms with Crippen LogP contribution in [0.5, 0.6) is 0 Å². The van der Waals surface area contributed by atoms with E-state index in [9.17, 15) is 0 Å². The second-order valence-electron chi connectivity index (χ2n) is 8.85. The van der Waals surface area contributed by atoms with Gasteiger partial charge in [0.2, 0.25) is 0 Å². The smallest absolute Gasteiger partial charge is 0.129 e. The highest BCUT2D eigenvalue weighted by Crippen LogP contribution is 2.40. The predicted octanol–water partition coefficient (Wildman–Crippen LogP) is 8.11. The Bertz CT molecular complexity index is 890. The van der Waals surface area contributed by atoms with Crippen LogP contribution in [0.3, 0.4) is 0 Å². The van der Waals surface area contributed by atoms with Crippen molar-refractivity contribution in [2.45, 2.75) is 73.6 Å². The van der Waals surface area contributed by atoms with Crippen LogP contribution in [0.1, 0.15) is 73.6 Å². The Morgan fingerprint density at radius 1 is 1.22 bits per heavy atom. The molecule has 1 unspecified atom stereocenters. The van der Waals surface area contributed by atoms with Gasteiger partial charge in [-0.25, -0.2) is 0 Å². The maximum Gasteiger partial charge on any atom is 0.129 e. The summed E-state index contributed by atoms with van der Waals surface area (Å²) in [7, 11) is 0. The number of nitrogens with one attached hydrogen (secondary N) is 1. The first-order valence-corrected chi connectivity index (χ1v) is 12.5. The molecule has 1 aromatic rings. The zero-order valence-corrected chi connectivity index (χ0v) is 21.7. The van der Waals surface area contributed by atoms with Crippen LogP contribution in [0.4, 0.5) is 11.4 Å². The molecule has 1 heterocycles. The molecule has 1 saturated heterocycles. The molecule has 1 aromatic carbocycles. The molecule has 0 saturated carbocycles. The number of thiocarbonyl (C=S) groups is 1. The Morgan fingerprint density at radius 2 is 1.97 bits per heavy atom. The number of piperidine rings is 1. The zero-order valence-electron chi connectivity index (χ0n) is 20.9. The lowest BCUT2D eigenvalue weighted by Gasteiger charge is -2.44. The molecule has 0 amide bonds. The van der Waals surface area contributed by atoms with Gasteiger partial charge in [-0.05, 0) is 76.5 Å². The van der Waals surface area contributed by atoms with Crippen LogP contribution in [-0.2, 0) is 0 Å². The summed E-state index contributed by atoms with van der Waals surface area (Å²) in [6.07, 6.45) is 14.5. The maximum absolute atomic E-state index is 5.78. The quantitative estimate of drug-likeness (QED) is 0.178. The minimum Gasteiger partial charge on any atom is -0.369 e. The number of aliphatic imine (C=N–C) groups is 1. The molecule has 32 heavy (non-hydrogen) atoms. The number of para-hydroxylation sites is 2. The van der Waals surface area contributed by atoms with Gasteiger partial charge in [-0.3, -0.25) is 4.99 Å². The molecule has 1 atom stereocenters. The van der Waals surface area contributed by atoms with Crippen molar-refractivity contribution in [2.24, 2.45) is 10.4 Å². The molecule has 3 nitrogen and oxygen atoms in total. The fourth-order valence-corrected chi connectivity index (χ4v) is 4.80. The SMILES string of the molecule is C\C=C/C=C(C)/C(C)=N/C(=C\C)C(=S)Nc1ccccc1N1CCCC(CC)(CCC)C1. The van der Waals surface area contributed by atoms with Gasteiger partial charge in [-0.2, -0.15) is 0 Å². The van der Waals surface area contributed by atoms with E-state index in [4.69, 9.17) is 17.2 Å². The maximum atomic E-state index is 5.78. The molecule has 0 spiro atoms. The highest BCUT2D eigenvalue weighted by atomic mass is 32.1. The Kier molecular flexibility index (Phi) is 10.4. The number of nitrogens with zero attached hydrogens (tertiary/aromatic N) is 2. The summed E-state index contributed by atoms with van der Waals surface area (Å²) in [5.41, 5.74) is 5.63. The van der Waals surface area contributed by atoms with E-state index < -0.39 is 0 Å². The van der Waals surface area contributed by atoms with Crippen LogP contribution in [0.2, 0.25) is 0 Å². The van der Waals surface area contributed by atoms with E-state index in [2.05, 4.69) is 61.3 Å². The number of hydrogen-bond donors (Lipinski definition) is 1. The Hall–Kier alpha value is -2.20. The zero-order chi connectivity index (χ0) is 23.6. The third-order valence-electron chi connectivity index (χ3n) is 6.59. The third-order valence-corrected chi connectivity index (χ3v) is 6.90. The van der Waals surface area contributed by atoms with Crippen LogP contribution in [0.15, 0.2) is 64.8 Å². The number of benzene rings is 1. The van der Waals surface area contributed by atoms with Crippen LogP contribution in [0, 0.1) is 5.41 Å². The van der Waals surface area contributed by atoms with Crippen LogP contribution < -0.4 is 10.2 Å². The first-order valence-electron chi connectivity index (χ1n) is 12.1. The van der Waals surface area contributed by atoms with E-state index in [1.807, 2.05) is 39.0 Å². The van der Waals surface area contributed by atoms with E-state index >= 15 is 0 Å². The molecular weight excluding hydrogens is 410 g/mol. The van der Waals surface area contributed by atoms with Crippen molar-refractivity contribution < 1.29 is 0 Å². The number of rotatable bonds is 9. The lowest BCUT2D eigenvalue weighted by Crippen LogP contribution is -2.43. The molecule has 0 radical (unpaired) electrons. The summed E-state index contributed by atoms with van der Waals surface area (Å²) in [5.74, 6) is 0. The molecule has 1 fully saturated rings. The van der Waals surface area contributed by atoms with Gasteiger partial charge < -0.3 is 10.2 Å². The molecule has 1 aliphatic rings. The number of hydrogen-bond acceptors (Lipinski definition) is 3. The van der Waals surface area contributed by atoms with Crippen molar-refractivity contribution in [3.05, 3.63) is 59.8 Å². The summed E-state index contributed by atoms with van der Waals surface area (Å²) < 4.78 is 0. The summed E-state index contributed by atoms with van der Waals surface area (Å²) in [6, 6.07) is 8.55. The summed E-state index contributed by atoms with van der Waals surface area (Å²) in [4.78, 5) is 8.02. The van der Waals surface area contributed by atoms with E-state index in [1.165, 1.54) is 37.8 Å². The second kappa shape index (κ2) is 12.7. The third kappa shape index (κ3) is 6.90. The van der Waals surface area contributed by atoms with Crippen LogP contribution in [0.25, 0.3) is 0 Å². The minimum atomic E-state index is 0.424. The van der Waals surface area contributed by atoms with Crippen LogP contribution >= 0.6 is 12.2 Å². The van der Waals surface area contributed by atoms with Gasteiger partial charge in [0.25, 0.3) is 0 Å². The van der Waals surface area contributed by atoms with Gasteiger partial charge in [-0.1, -0.05) is 68.9 Å². The average molecular weight is 452 g/mol. The highest BCUT2D eigenvalue weighted by molar-refractivity contribution is 7.81. The molecule has 0 aliphatic carbocycles. The van der Waals surface area contributed by atoms with Gasteiger partial charge in [0.05, 0.1) is 17.1 Å². The van der Waals surface area contributed by atoms with Gasteiger partial charge >= 0.3 is 0 Å². The van der Waals surface area contributed by atoms with Crippen molar-refractivity contribution in [1.29, 1.82) is 0 Å². The summed E-state index contributed by atoms with van der Waals surface area (Å²) >= 11 is 5.78. The highest BCUT2D eigenvalue weighted by Gasteiger charge is 2.33. The lowest BCUT2D eigenvalue weighted by molar-refractivity contribution is 0.202. The Balaban J connectivity index is 2.24. The minimum absolute atomic E-state index is 0.424. The average Bonchev–Trinajstić information content (AvgIpc) is 2.81. The van der Waals surface area contributed by atoms with Crippen LogP contribution in [-0.4, -0.2) is 23.8 Å². The second-order valence-corrected chi connectivity index (χ2v) is 9.25. The fraction of sp³-hybridized carbons (Fsp3) is 0.500. The van der Waals surface area contributed by atoms with E-state index in [1.54, 1.807) is 0 Å². The topological polar surface area (TPSA) is 27.6 Å². The fourth-order valence-electron chi connectivity index (χ4n) is 4.53. The summed E-state index contributed by atoms with van der Waals surface area (Å²) in [6.45, 7) is 15.0. The van der Waals surface area contributed by atoms with Crippen molar-refractivity contribution in [2.75, 3.05) is 23.3 Å². The normalized spacial score (nSPS) is 20.7. The van der Waals surface area contributed by atoms with Gasteiger partial charge in [-0.15, -0.1) is 0 Å². The largest absolute Gasteiger partial charge is 0.369 e. The monoisotopic (exact) mass is 451 g/mol. The predicted molar refractivity (Wildman–Crippen MR) is 147 cm³/mol. The Morgan fingerprint density at radius 3 is 2.62 bits per heavy atom. The molecule has 1 aliphatic heterocycles. The lowest BCUT2D eigenvalue weighted by atomic mass is 9.74. The first-order chi connectivity index (χ1) is 15.4. The van der Waals surface area contributed by atoms with Gasteiger partial charge in [0, 0.05) is 18.8 Å². The van der Waals surface area contributed by atoms with Crippen molar-refractivity contribution in [1.82, 2.24) is 0 Å². The molecule has 0 aromatic heterocycles. The first kappa shape index (κ1) is 26.1. The molecular formula is C28H41N3S. The molecule has 174 valence electrons. The van der Waals surface area contributed by atoms with E-state index in [0.29, 0.717) is 10.4 Å². The van der Waals surface area contributed by atoms with Crippen molar-refractivity contribution >= 4 is 34.3 Å². The molecule has 4 heteroatoms. The Labute approximate surface area is 201 Å². The molecule has 2 rings (SSSR count). The van der Waals surface area contributed by atoms with Crippen molar-refractivity contribution in [3.63, 3.8) is 0 Å². The standard InChI is InChI=1S/C28H41N3S/c1-7-11-15-22(5)23(6)29-24(9-3)27(32)30-25-16-12-13-17-26(25)31-20-14-19-28(10-4,21-31)18-8-2/h7,9,11-13,15-17H,8,10,14,18-21H2,1-6H3,(H,30,32)/b11-7-,22-15+,24-9-,29-23+. The van der Waals surface area contributed by atoms with Gasteiger partial charge in [0.1, 0.15) is 4.99 Å².